The highest BCUT2D eigenvalue weighted by Crippen LogP contribution is 2.20. The molecule has 0 unspecified atom stereocenters. The first-order valence-corrected chi connectivity index (χ1v) is 8.06. The van der Waals surface area contributed by atoms with E-state index in [1.54, 1.807) is 36.5 Å². The summed E-state index contributed by atoms with van der Waals surface area (Å²) in [6.45, 7) is 1.88. The van der Waals surface area contributed by atoms with Crippen LogP contribution in [0.15, 0.2) is 70.0 Å². The number of aromatic amines is 1. The second kappa shape index (κ2) is 6.33. The molecular formula is C20H15N3O3. The molecule has 26 heavy (non-hydrogen) atoms. The van der Waals surface area contributed by atoms with Gasteiger partial charge in [0.1, 0.15) is 17.0 Å². The van der Waals surface area contributed by atoms with E-state index in [-0.39, 0.29) is 5.56 Å². The summed E-state index contributed by atoms with van der Waals surface area (Å²) in [4.78, 5) is 31.8. The Bertz CT molecular complexity index is 1160. The van der Waals surface area contributed by atoms with Gasteiger partial charge in [0, 0.05) is 11.1 Å². The molecular weight excluding hydrogens is 330 g/mol. The number of nitrogens with one attached hydrogen (secondary N) is 2. The van der Waals surface area contributed by atoms with Crippen LogP contribution >= 0.6 is 0 Å². The smallest absolute Gasteiger partial charge is 0.349 e. The Kier molecular flexibility index (Phi) is 3.85. The molecule has 0 aliphatic carbocycles. The zero-order valence-corrected chi connectivity index (χ0v) is 13.9. The second-order valence-electron chi connectivity index (χ2n) is 5.90. The number of fused-ring (bicyclic) bond motifs is 1. The normalized spacial score (nSPS) is 10.8. The Labute approximate surface area is 148 Å². The lowest BCUT2D eigenvalue weighted by molar-refractivity contribution is 0.102. The lowest BCUT2D eigenvalue weighted by atomic mass is 10.1. The van der Waals surface area contributed by atoms with E-state index in [2.05, 4.69) is 15.3 Å². The molecule has 2 aromatic carbocycles. The maximum absolute atomic E-state index is 12.4. The molecule has 128 valence electrons. The molecule has 0 aliphatic heterocycles. The highest BCUT2D eigenvalue weighted by atomic mass is 16.4. The van der Waals surface area contributed by atoms with Crippen molar-refractivity contribution in [2.45, 2.75) is 6.92 Å². The van der Waals surface area contributed by atoms with Crippen LogP contribution in [-0.4, -0.2) is 15.9 Å². The number of benzene rings is 2. The molecule has 0 radical (unpaired) electrons. The van der Waals surface area contributed by atoms with Crippen molar-refractivity contribution in [3.8, 4) is 11.3 Å². The minimum Gasteiger partial charge on any atom is -0.422 e. The lowest BCUT2D eigenvalue weighted by Crippen LogP contribution is -2.20. The summed E-state index contributed by atoms with van der Waals surface area (Å²) >= 11 is 0. The van der Waals surface area contributed by atoms with E-state index in [9.17, 15) is 9.59 Å². The van der Waals surface area contributed by atoms with Crippen molar-refractivity contribution in [3.63, 3.8) is 0 Å². The summed E-state index contributed by atoms with van der Waals surface area (Å²) in [5.41, 5.74) is 2.20. The number of carbonyl (C=O) groups is 1. The number of H-pyrrole nitrogens is 1. The zero-order chi connectivity index (χ0) is 18.1. The monoisotopic (exact) mass is 345 g/mol. The number of anilines is 1. The first-order valence-electron chi connectivity index (χ1n) is 8.06. The number of nitrogens with zero attached hydrogens (tertiary/aromatic N) is 1. The zero-order valence-electron chi connectivity index (χ0n) is 13.9. The molecule has 6 heteroatoms. The van der Waals surface area contributed by atoms with Crippen molar-refractivity contribution in [1.29, 1.82) is 0 Å². The number of amides is 1. The highest BCUT2D eigenvalue weighted by Gasteiger charge is 2.14. The van der Waals surface area contributed by atoms with Crippen LogP contribution in [-0.2, 0) is 0 Å². The van der Waals surface area contributed by atoms with Crippen molar-refractivity contribution in [2.24, 2.45) is 0 Å². The summed E-state index contributed by atoms with van der Waals surface area (Å²) in [5.74, 6) is 0.329. The van der Waals surface area contributed by atoms with Crippen LogP contribution in [0.4, 0.5) is 5.69 Å². The van der Waals surface area contributed by atoms with Crippen LogP contribution in [0.5, 0.6) is 0 Å². The quantitative estimate of drug-likeness (QED) is 0.554. The van der Waals surface area contributed by atoms with Gasteiger partial charge in [0.25, 0.3) is 5.91 Å². The molecule has 0 fully saturated rings. The van der Waals surface area contributed by atoms with Gasteiger partial charge in [-0.25, -0.2) is 9.78 Å². The van der Waals surface area contributed by atoms with Crippen molar-refractivity contribution in [2.75, 3.05) is 5.32 Å². The van der Waals surface area contributed by atoms with Crippen LogP contribution in [0.1, 0.15) is 16.2 Å². The largest absolute Gasteiger partial charge is 0.422 e. The van der Waals surface area contributed by atoms with Gasteiger partial charge in [-0.05, 0) is 36.8 Å². The Morgan fingerprint density at radius 2 is 1.88 bits per heavy atom. The Morgan fingerprint density at radius 1 is 1.12 bits per heavy atom. The molecule has 0 atom stereocenters. The summed E-state index contributed by atoms with van der Waals surface area (Å²) in [6, 6.07) is 15.9. The van der Waals surface area contributed by atoms with E-state index < -0.39 is 11.5 Å². The van der Waals surface area contributed by atoms with Gasteiger partial charge in [0.15, 0.2) is 0 Å². The summed E-state index contributed by atoms with van der Waals surface area (Å²) in [5, 5.41) is 3.42. The topological polar surface area (TPSA) is 88.0 Å². The molecule has 0 aliphatic rings. The minimum absolute atomic E-state index is 0.0306. The van der Waals surface area contributed by atoms with Crippen LogP contribution < -0.4 is 10.9 Å². The number of aromatic nitrogens is 2. The molecule has 4 aromatic rings. The molecule has 0 bridgehead atoms. The van der Waals surface area contributed by atoms with Crippen LogP contribution in [0, 0.1) is 6.92 Å². The molecule has 2 heterocycles. The van der Waals surface area contributed by atoms with E-state index in [1.807, 2.05) is 25.1 Å². The predicted octanol–water partition coefficient (Wildman–Crippen LogP) is 3.74. The van der Waals surface area contributed by atoms with Crippen molar-refractivity contribution in [3.05, 3.63) is 82.6 Å². The van der Waals surface area contributed by atoms with Crippen LogP contribution in [0.25, 0.3) is 22.2 Å². The number of rotatable bonds is 3. The third-order valence-electron chi connectivity index (χ3n) is 4.04. The SMILES string of the molecule is Cc1ncc(-c2ccc(NC(=O)c3cc4ccccc4oc3=O)cc2)[nH]1. The molecule has 2 aromatic heterocycles. The molecule has 4 rings (SSSR count). The van der Waals surface area contributed by atoms with Gasteiger partial charge in [-0.3, -0.25) is 4.79 Å². The average Bonchev–Trinajstić information content (AvgIpc) is 3.08. The van der Waals surface area contributed by atoms with Gasteiger partial charge in [0.05, 0.1) is 11.9 Å². The predicted molar refractivity (Wildman–Crippen MR) is 99.2 cm³/mol. The Balaban J connectivity index is 1.58. The fourth-order valence-electron chi connectivity index (χ4n) is 2.72. The van der Waals surface area contributed by atoms with Gasteiger partial charge in [-0.15, -0.1) is 0 Å². The Morgan fingerprint density at radius 3 is 2.62 bits per heavy atom. The third kappa shape index (κ3) is 3.00. The summed E-state index contributed by atoms with van der Waals surface area (Å²) in [6.07, 6.45) is 1.75. The highest BCUT2D eigenvalue weighted by molar-refractivity contribution is 6.05. The number of hydrogen-bond acceptors (Lipinski definition) is 4. The van der Waals surface area contributed by atoms with Crippen molar-refractivity contribution >= 4 is 22.6 Å². The van der Waals surface area contributed by atoms with E-state index in [0.29, 0.717) is 16.7 Å². The molecule has 6 nitrogen and oxygen atoms in total. The van der Waals surface area contributed by atoms with E-state index in [4.69, 9.17) is 4.42 Å². The fourth-order valence-corrected chi connectivity index (χ4v) is 2.72. The van der Waals surface area contributed by atoms with E-state index in [1.165, 1.54) is 6.07 Å². The maximum atomic E-state index is 12.4. The van der Waals surface area contributed by atoms with Gasteiger partial charge in [-0.1, -0.05) is 30.3 Å². The number of para-hydroxylation sites is 1. The molecule has 0 spiro atoms. The lowest BCUT2D eigenvalue weighted by Gasteiger charge is -2.06. The summed E-state index contributed by atoms with van der Waals surface area (Å²) in [7, 11) is 0. The number of hydrogen-bond donors (Lipinski definition) is 2. The van der Waals surface area contributed by atoms with Crippen molar-refractivity contribution < 1.29 is 9.21 Å². The number of carbonyl (C=O) groups excluding carboxylic acids is 1. The Hall–Kier alpha value is -3.67. The maximum Gasteiger partial charge on any atom is 0.349 e. The molecule has 0 saturated carbocycles. The number of imidazole rings is 1. The minimum atomic E-state index is -0.661. The first-order chi connectivity index (χ1) is 12.6. The first kappa shape index (κ1) is 15.8. The molecule has 1 amide bonds. The van der Waals surface area contributed by atoms with Gasteiger partial charge < -0.3 is 14.7 Å². The van der Waals surface area contributed by atoms with Crippen LogP contribution in [0.3, 0.4) is 0 Å². The average molecular weight is 345 g/mol. The van der Waals surface area contributed by atoms with Gasteiger partial charge >= 0.3 is 5.63 Å². The molecule has 0 saturated heterocycles. The molecule has 2 N–H and O–H groups in total. The van der Waals surface area contributed by atoms with Gasteiger partial charge in [0.2, 0.25) is 0 Å². The van der Waals surface area contributed by atoms with Crippen molar-refractivity contribution in [1.82, 2.24) is 9.97 Å². The standard InChI is InChI=1S/C20H15N3O3/c1-12-21-11-17(22-12)13-6-8-15(9-7-13)23-19(24)16-10-14-4-2-3-5-18(14)26-20(16)25/h2-11H,1H3,(H,21,22)(H,23,24). The fraction of sp³-hybridized carbons (Fsp3) is 0.0500. The van der Waals surface area contributed by atoms with E-state index in [0.717, 1.165) is 17.1 Å². The van der Waals surface area contributed by atoms with Gasteiger partial charge in [-0.2, -0.15) is 0 Å². The van der Waals surface area contributed by atoms with Crippen LogP contribution in [0.2, 0.25) is 0 Å². The van der Waals surface area contributed by atoms with E-state index >= 15 is 0 Å². The second-order valence-corrected chi connectivity index (χ2v) is 5.90. The third-order valence-corrected chi connectivity index (χ3v) is 4.04. The number of aryl methyl sites for hydroxylation is 1. The summed E-state index contributed by atoms with van der Waals surface area (Å²) < 4.78 is 5.20.